The molecule has 0 aliphatic heterocycles. The molecule has 2 rings (SSSR count). The molecule has 112 valence electrons. The Morgan fingerprint density at radius 1 is 1.05 bits per heavy atom. The van der Waals surface area contributed by atoms with Crippen LogP contribution in [0, 0.1) is 0 Å². The molecule has 2 aromatic carbocycles. The lowest BCUT2D eigenvalue weighted by molar-refractivity contribution is -0.138. The van der Waals surface area contributed by atoms with Crippen molar-refractivity contribution in [2.75, 3.05) is 12.8 Å². The molecule has 2 N–H and O–H groups in total. The van der Waals surface area contributed by atoms with E-state index in [0.29, 0.717) is 10.2 Å². The third kappa shape index (κ3) is 3.60. The van der Waals surface area contributed by atoms with Gasteiger partial charge in [0.15, 0.2) is 0 Å². The number of hydrogen-bond donors (Lipinski definition) is 1. The highest BCUT2D eigenvalue weighted by molar-refractivity contribution is 9.10. The lowest BCUT2D eigenvalue weighted by atomic mass is 10.2. The normalized spacial score (nSPS) is 11.3. The number of methoxy groups -OCH3 is 1. The zero-order valence-electron chi connectivity index (χ0n) is 10.9. The predicted octanol–water partition coefficient (Wildman–Crippen LogP) is 4.85. The molecule has 0 aliphatic carbocycles. The first-order chi connectivity index (χ1) is 9.81. The van der Waals surface area contributed by atoms with E-state index in [4.69, 9.17) is 15.2 Å². The van der Waals surface area contributed by atoms with E-state index < -0.39 is 11.7 Å². The third-order valence-corrected chi connectivity index (χ3v) is 3.17. The van der Waals surface area contributed by atoms with Gasteiger partial charge in [0, 0.05) is 10.5 Å². The highest BCUT2D eigenvalue weighted by Crippen LogP contribution is 2.40. The van der Waals surface area contributed by atoms with Crippen LogP contribution in [0.3, 0.4) is 0 Å². The number of ether oxygens (including phenoxy) is 2. The highest BCUT2D eigenvalue weighted by atomic mass is 79.9. The number of nitrogens with two attached hydrogens (primary N) is 1. The number of halogens is 4. The number of benzene rings is 2. The molecule has 0 saturated heterocycles. The van der Waals surface area contributed by atoms with Gasteiger partial charge in [0.1, 0.15) is 17.2 Å². The molecule has 3 nitrogen and oxygen atoms in total. The van der Waals surface area contributed by atoms with Gasteiger partial charge in [-0.2, -0.15) is 13.2 Å². The minimum atomic E-state index is -4.52. The fourth-order valence-corrected chi connectivity index (χ4v) is 2.08. The number of nitrogen functional groups attached to an aromatic ring is 1. The van der Waals surface area contributed by atoms with Crippen molar-refractivity contribution in [3.8, 4) is 17.2 Å². The Balaban J connectivity index is 2.38. The van der Waals surface area contributed by atoms with Crippen molar-refractivity contribution < 1.29 is 22.6 Å². The Bertz CT molecular complexity index is 659. The zero-order chi connectivity index (χ0) is 15.6. The summed E-state index contributed by atoms with van der Waals surface area (Å²) < 4.78 is 49.5. The van der Waals surface area contributed by atoms with Crippen LogP contribution in [0.5, 0.6) is 17.2 Å². The van der Waals surface area contributed by atoms with Crippen molar-refractivity contribution in [1.82, 2.24) is 0 Å². The standard InChI is InChI=1S/C14H11BrF3NO2/c1-20-13-5-3-9(7-11(13)19)21-12-4-2-8(15)6-10(12)14(16,17)18/h2-7H,19H2,1H3. The fourth-order valence-electron chi connectivity index (χ4n) is 1.72. The maximum absolute atomic E-state index is 13.0. The Kier molecular flexibility index (Phi) is 4.32. The molecule has 21 heavy (non-hydrogen) atoms. The maximum atomic E-state index is 13.0. The molecule has 0 radical (unpaired) electrons. The topological polar surface area (TPSA) is 44.5 Å². The summed E-state index contributed by atoms with van der Waals surface area (Å²) in [5.74, 6) is 0.325. The second kappa shape index (κ2) is 5.85. The lowest BCUT2D eigenvalue weighted by Crippen LogP contribution is -2.07. The summed E-state index contributed by atoms with van der Waals surface area (Å²) in [6, 6.07) is 8.09. The quantitative estimate of drug-likeness (QED) is 0.794. The zero-order valence-corrected chi connectivity index (χ0v) is 12.5. The van der Waals surface area contributed by atoms with Crippen LogP contribution in [0.1, 0.15) is 5.56 Å². The monoisotopic (exact) mass is 361 g/mol. The molecule has 0 saturated carbocycles. The van der Waals surface area contributed by atoms with Crippen molar-refractivity contribution in [3.63, 3.8) is 0 Å². The molecule has 0 atom stereocenters. The largest absolute Gasteiger partial charge is 0.495 e. The summed E-state index contributed by atoms with van der Waals surface area (Å²) in [6.45, 7) is 0. The second-order valence-corrected chi connectivity index (χ2v) is 5.06. The number of anilines is 1. The van der Waals surface area contributed by atoms with Crippen molar-refractivity contribution in [1.29, 1.82) is 0 Å². The van der Waals surface area contributed by atoms with Gasteiger partial charge in [-0.15, -0.1) is 0 Å². The van der Waals surface area contributed by atoms with E-state index >= 15 is 0 Å². The van der Waals surface area contributed by atoms with Gasteiger partial charge in [0.2, 0.25) is 0 Å². The van der Waals surface area contributed by atoms with Crippen molar-refractivity contribution in [3.05, 3.63) is 46.4 Å². The first kappa shape index (κ1) is 15.5. The van der Waals surface area contributed by atoms with Crippen LogP contribution < -0.4 is 15.2 Å². The van der Waals surface area contributed by atoms with E-state index in [-0.39, 0.29) is 17.2 Å². The Morgan fingerprint density at radius 3 is 2.29 bits per heavy atom. The molecular weight excluding hydrogens is 351 g/mol. The van der Waals surface area contributed by atoms with Gasteiger partial charge in [0.25, 0.3) is 0 Å². The number of hydrogen-bond acceptors (Lipinski definition) is 3. The van der Waals surface area contributed by atoms with Crippen LogP contribution in [0.2, 0.25) is 0 Å². The van der Waals surface area contributed by atoms with E-state index in [1.54, 1.807) is 0 Å². The minimum Gasteiger partial charge on any atom is -0.495 e. The number of alkyl halides is 3. The SMILES string of the molecule is COc1ccc(Oc2ccc(Br)cc2C(F)(F)F)cc1N. The molecule has 2 aromatic rings. The van der Waals surface area contributed by atoms with Crippen molar-refractivity contribution in [2.24, 2.45) is 0 Å². The Hall–Kier alpha value is -1.89. The van der Waals surface area contributed by atoms with Crippen LogP contribution in [-0.2, 0) is 6.18 Å². The summed E-state index contributed by atoms with van der Waals surface area (Å²) in [5, 5.41) is 0. The van der Waals surface area contributed by atoms with Crippen LogP contribution in [0.4, 0.5) is 18.9 Å². The van der Waals surface area contributed by atoms with Crippen molar-refractivity contribution in [2.45, 2.75) is 6.18 Å². The van der Waals surface area contributed by atoms with Gasteiger partial charge in [-0.3, -0.25) is 0 Å². The molecule has 0 amide bonds. The van der Waals surface area contributed by atoms with Gasteiger partial charge in [-0.25, -0.2) is 0 Å². The van der Waals surface area contributed by atoms with Gasteiger partial charge < -0.3 is 15.2 Å². The van der Waals surface area contributed by atoms with E-state index in [1.807, 2.05) is 0 Å². The average molecular weight is 362 g/mol. The summed E-state index contributed by atoms with van der Waals surface area (Å²) in [5.41, 5.74) is 5.11. The summed E-state index contributed by atoms with van der Waals surface area (Å²) in [7, 11) is 1.45. The first-order valence-corrected chi connectivity index (χ1v) is 6.58. The van der Waals surface area contributed by atoms with E-state index in [0.717, 1.165) is 6.07 Å². The van der Waals surface area contributed by atoms with E-state index in [9.17, 15) is 13.2 Å². The molecule has 0 bridgehead atoms. The van der Waals surface area contributed by atoms with Crippen LogP contribution in [0.25, 0.3) is 0 Å². The van der Waals surface area contributed by atoms with Crippen molar-refractivity contribution >= 4 is 21.6 Å². The summed E-state index contributed by atoms with van der Waals surface area (Å²) >= 11 is 3.01. The van der Waals surface area contributed by atoms with Gasteiger partial charge >= 0.3 is 6.18 Å². The lowest BCUT2D eigenvalue weighted by Gasteiger charge is -2.15. The molecule has 0 aromatic heterocycles. The molecule has 0 unspecified atom stereocenters. The molecule has 0 spiro atoms. The summed E-state index contributed by atoms with van der Waals surface area (Å²) in [4.78, 5) is 0. The Morgan fingerprint density at radius 2 is 1.71 bits per heavy atom. The fraction of sp³-hybridized carbons (Fsp3) is 0.143. The molecule has 7 heteroatoms. The van der Waals surface area contributed by atoms with Crippen LogP contribution >= 0.6 is 15.9 Å². The minimum absolute atomic E-state index is 0.195. The molecule has 0 fully saturated rings. The average Bonchev–Trinajstić information content (AvgIpc) is 2.40. The third-order valence-electron chi connectivity index (χ3n) is 2.68. The van der Waals surface area contributed by atoms with Gasteiger partial charge in [-0.1, -0.05) is 15.9 Å². The maximum Gasteiger partial charge on any atom is 0.420 e. The predicted molar refractivity (Wildman–Crippen MR) is 76.6 cm³/mol. The Labute approximate surface area is 127 Å². The second-order valence-electron chi connectivity index (χ2n) is 4.14. The molecule has 0 heterocycles. The smallest absolute Gasteiger partial charge is 0.420 e. The van der Waals surface area contributed by atoms with E-state index in [1.165, 1.54) is 37.4 Å². The first-order valence-electron chi connectivity index (χ1n) is 5.79. The van der Waals surface area contributed by atoms with E-state index in [2.05, 4.69) is 15.9 Å². The van der Waals surface area contributed by atoms with Crippen LogP contribution in [-0.4, -0.2) is 7.11 Å². The number of rotatable bonds is 3. The highest BCUT2D eigenvalue weighted by Gasteiger charge is 2.34. The molecule has 0 aliphatic rings. The van der Waals surface area contributed by atoms with Gasteiger partial charge in [0.05, 0.1) is 18.4 Å². The summed E-state index contributed by atoms with van der Waals surface area (Å²) in [6.07, 6.45) is -4.52. The van der Waals surface area contributed by atoms with Crippen LogP contribution in [0.15, 0.2) is 40.9 Å². The molecular formula is C14H11BrF3NO2. The van der Waals surface area contributed by atoms with Gasteiger partial charge in [-0.05, 0) is 30.3 Å².